The van der Waals surface area contributed by atoms with E-state index in [2.05, 4.69) is 43.3 Å². The topological polar surface area (TPSA) is 45.5 Å². The van der Waals surface area contributed by atoms with Crippen molar-refractivity contribution in [2.24, 2.45) is 0 Å². The van der Waals surface area contributed by atoms with Gasteiger partial charge in [0.25, 0.3) is 0 Å². The summed E-state index contributed by atoms with van der Waals surface area (Å²) in [6.45, 7) is 2.10. The number of nitrogens with one attached hydrogen (secondary N) is 1. The molecule has 5 nitrogen and oxygen atoms in total. The van der Waals surface area contributed by atoms with Crippen LogP contribution < -0.4 is 5.32 Å². The van der Waals surface area contributed by atoms with Crippen LogP contribution in [-0.4, -0.2) is 45.7 Å². The van der Waals surface area contributed by atoms with Gasteiger partial charge in [0, 0.05) is 18.8 Å². The molecule has 0 aliphatic carbocycles. The summed E-state index contributed by atoms with van der Waals surface area (Å²) in [5.74, 6) is 0.696. The van der Waals surface area contributed by atoms with Crippen LogP contribution in [0.5, 0.6) is 0 Å². The summed E-state index contributed by atoms with van der Waals surface area (Å²) in [6.07, 6.45) is 4.44. The lowest BCUT2D eigenvalue weighted by Crippen LogP contribution is -2.31. The molecule has 18 heavy (non-hydrogen) atoms. The molecular weight excluding hydrogens is 294 g/mol. The van der Waals surface area contributed by atoms with E-state index in [1.807, 2.05) is 18.3 Å². The monoisotopic (exact) mass is 309 g/mol. The number of likely N-dealkylation sites (N-methyl/N-ethyl adjacent to an activating group) is 1. The summed E-state index contributed by atoms with van der Waals surface area (Å²) >= 11 is 3.48. The SMILES string of the molecule is CN1CCCC1CNc1nc2c(Br)cccn2n1. The molecule has 96 valence electrons. The number of aromatic nitrogens is 3. The van der Waals surface area contributed by atoms with Crippen molar-refractivity contribution in [1.82, 2.24) is 19.5 Å². The first-order valence-electron chi connectivity index (χ1n) is 6.19. The Morgan fingerprint density at radius 1 is 1.56 bits per heavy atom. The lowest BCUT2D eigenvalue weighted by molar-refractivity contribution is 0.322. The summed E-state index contributed by atoms with van der Waals surface area (Å²) in [6, 6.07) is 4.51. The molecule has 1 saturated heterocycles. The largest absolute Gasteiger partial charge is 0.351 e. The number of anilines is 1. The fraction of sp³-hybridized carbons (Fsp3) is 0.500. The average Bonchev–Trinajstić information content (AvgIpc) is 2.93. The summed E-state index contributed by atoms with van der Waals surface area (Å²) in [7, 11) is 2.17. The molecule has 0 bridgehead atoms. The van der Waals surface area contributed by atoms with Crippen molar-refractivity contribution in [2.75, 3.05) is 25.5 Å². The zero-order chi connectivity index (χ0) is 12.5. The molecule has 0 spiro atoms. The second kappa shape index (κ2) is 4.85. The minimum atomic E-state index is 0.597. The summed E-state index contributed by atoms with van der Waals surface area (Å²) < 4.78 is 2.74. The number of likely N-dealkylation sites (tertiary alicyclic amines) is 1. The van der Waals surface area contributed by atoms with Crippen LogP contribution in [0.3, 0.4) is 0 Å². The Morgan fingerprint density at radius 3 is 3.17 bits per heavy atom. The van der Waals surface area contributed by atoms with E-state index < -0.39 is 0 Å². The lowest BCUT2D eigenvalue weighted by Gasteiger charge is -2.18. The molecule has 1 unspecified atom stereocenters. The maximum Gasteiger partial charge on any atom is 0.243 e. The number of halogens is 1. The molecule has 3 rings (SSSR count). The minimum absolute atomic E-state index is 0.597. The van der Waals surface area contributed by atoms with Crippen molar-refractivity contribution in [1.29, 1.82) is 0 Å². The Labute approximate surface area is 114 Å². The molecule has 6 heteroatoms. The van der Waals surface area contributed by atoms with Gasteiger partial charge in [-0.3, -0.25) is 0 Å². The van der Waals surface area contributed by atoms with Crippen LogP contribution in [0.25, 0.3) is 5.65 Å². The third-order valence-electron chi connectivity index (χ3n) is 3.48. The molecule has 1 atom stereocenters. The first kappa shape index (κ1) is 11.9. The molecule has 2 aromatic rings. The van der Waals surface area contributed by atoms with Gasteiger partial charge in [-0.2, -0.15) is 4.98 Å². The third-order valence-corrected chi connectivity index (χ3v) is 4.10. The number of nitrogens with zero attached hydrogens (tertiary/aromatic N) is 4. The highest BCUT2D eigenvalue weighted by Gasteiger charge is 2.20. The summed E-state index contributed by atoms with van der Waals surface area (Å²) in [5.41, 5.74) is 0.847. The Hall–Kier alpha value is -1.14. The highest BCUT2D eigenvalue weighted by molar-refractivity contribution is 9.10. The predicted octanol–water partition coefficient (Wildman–Crippen LogP) is 2.00. The Kier molecular flexibility index (Phi) is 3.22. The highest BCUT2D eigenvalue weighted by Crippen LogP contribution is 2.18. The quantitative estimate of drug-likeness (QED) is 0.942. The van der Waals surface area contributed by atoms with E-state index in [0.717, 1.165) is 16.7 Å². The molecule has 3 heterocycles. The second-order valence-corrected chi connectivity index (χ2v) is 5.57. The van der Waals surface area contributed by atoms with Crippen molar-refractivity contribution in [2.45, 2.75) is 18.9 Å². The number of fused-ring (bicyclic) bond motifs is 1. The molecule has 0 radical (unpaired) electrons. The molecule has 1 fully saturated rings. The normalized spacial score (nSPS) is 20.7. The summed E-state index contributed by atoms with van der Waals surface area (Å²) in [4.78, 5) is 6.86. The molecule has 1 aliphatic rings. The van der Waals surface area contributed by atoms with E-state index in [0.29, 0.717) is 12.0 Å². The second-order valence-electron chi connectivity index (χ2n) is 4.72. The van der Waals surface area contributed by atoms with E-state index >= 15 is 0 Å². The van der Waals surface area contributed by atoms with Gasteiger partial charge in [0.05, 0.1) is 4.47 Å². The van der Waals surface area contributed by atoms with Gasteiger partial charge in [-0.25, -0.2) is 4.52 Å². The Balaban J connectivity index is 1.73. The number of rotatable bonds is 3. The molecule has 0 aromatic carbocycles. The maximum atomic E-state index is 4.47. The molecule has 1 aliphatic heterocycles. The highest BCUT2D eigenvalue weighted by atomic mass is 79.9. The summed E-state index contributed by atoms with van der Waals surface area (Å²) in [5, 5.41) is 7.73. The van der Waals surface area contributed by atoms with E-state index in [-0.39, 0.29) is 0 Å². The first-order valence-corrected chi connectivity index (χ1v) is 6.98. The van der Waals surface area contributed by atoms with Gasteiger partial charge in [0.2, 0.25) is 5.95 Å². The van der Waals surface area contributed by atoms with Crippen molar-refractivity contribution in [3.63, 3.8) is 0 Å². The minimum Gasteiger partial charge on any atom is -0.351 e. The van der Waals surface area contributed by atoms with Gasteiger partial charge >= 0.3 is 0 Å². The van der Waals surface area contributed by atoms with Crippen LogP contribution in [0.1, 0.15) is 12.8 Å². The van der Waals surface area contributed by atoms with Gasteiger partial charge in [0.15, 0.2) is 5.65 Å². The molecule has 0 saturated carbocycles. The Bertz CT molecular complexity index is 552. The lowest BCUT2D eigenvalue weighted by atomic mass is 10.2. The van der Waals surface area contributed by atoms with Crippen LogP contribution in [-0.2, 0) is 0 Å². The average molecular weight is 310 g/mol. The van der Waals surface area contributed by atoms with Gasteiger partial charge in [-0.05, 0) is 54.5 Å². The van der Waals surface area contributed by atoms with E-state index in [4.69, 9.17) is 0 Å². The van der Waals surface area contributed by atoms with Crippen LogP contribution in [0.15, 0.2) is 22.8 Å². The van der Waals surface area contributed by atoms with Crippen LogP contribution in [0.4, 0.5) is 5.95 Å². The predicted molar refractivity (Wildman–Crippen MR) is 74.8 cm³/mol. The van der Waals surface area contributed by atoms with Gasteiger partial charge in [-0.15, -0.1) is 5.10 Å². The molecule has 2 aromatic heterocycles. The zero-order valence-corrected chi connectivity index (χ0v) is 11.9. The fourth-order valence-electron chi connectivity index (χ4n) is 2.39. The van der Waals surface area contributed by atoms with Crippen LogP contribution in [0.2, 0.25) is 0 Å². The van der Waals surface area contributed by atoms with E-state index in [1.165, 1.54) is 19.4 Å². The van der Waals surface area contributed by atoms with E-state index in [9.17, 15) is 0 Å². The fourth-order valence-corrected chi connectivity index (χ4v) is 2.82. The van der Waals surface area contributed by atoms with Gasteiger partial charge in [-0.1, -0.05) is 0 Å². The van der Waals surface area contributed by atoms with Crippen LogP contribution >= 0.6 is 15.9 Å². The third kappa shape index (κ3) is 2.22. The molecular formula is C12H16BrN5. The van der Waals surface area contributed by atoms with Crippen molar-refractivity contribution >= 4 is 27.5 Å². The molecule has 0 amide bonds. The number of hydrogen-bond acceptors (Lipinski definition) is 4. The molecule has 1 N–H and O–H groups in total. The zero-order valence-electron chi connectivity index (χ0n) is 10.3. The number of pyridine rings is 1. The van der Waals surface area contributed by atoms with Gasteiger partial charge in [0.1, 0.15) is 0 Å². The van der Waals surface area contributed by atoms with E-state index in [1.54, 1.807) is 4.52 Å². The standard InChI is InChI=1S/C12H16BrN5/c1-17-6-2-4-9(17)8-14-12-15-11-10(13)5-3-7-18(11)16-12/h3,5,7,9H,2,4,6,8H2,1H3,(H,14,16). The first-order chi connectivity index (χ1) is 8.74. The smallest absolute Gasteiger partial charge is 0.243 e. The van der Waals surface area contributed by atoms with Gasteiger partial charge < -0.3 is 10.2 Å². The van der Waals surface area contributed by atoms with Crippen molar-refractivity contribution < 1.29 is 0 Å². The number of hydrogen-bond donors (Lipinski definition) is 1. The van der Waals surface area contributed by atoms with Crippen molar-refractivity contribution in [3.8, 4) is 0 Å². The Morgan fingerprint density at radius 2 is 2.44 bits per heavy atom. The maximum absolute atomic E-state index is 4.47. The van der Waals surface area contributed by atoms with Crippen LogP contribution in [0, 0.1) is 0 Å². The van der Waals surface area contributed by atoms with Crippen molar-refractivity contribution in [3.05, 3.63) is 22.8 Å².